The predicted octanol–water partition coefficient (Wildman–Crippen LogP) is 2.27. The number of amides is 1. The van der Waals surface area contributed by atoms with Crippen LogP contribution < -0.4 is 4.90 Å². The lowest BCUT2D eigenvalue weighted by Gasteiger charge is -2.17. The molecule has 5 heteroatoms. The molecule has 0 saturated heterocycles. The summed E-state index contributed by atoms with van der Waals surface area (Å²) in [7, 11) is 1.67. The van der Waals surface area contributed by atoms with Crippen LogP contribution in [0.15, 0.2) is 28.8 Å². The summed E-state index contributed by atoms with van der Waals surface area (Å²) >= 11 is 0. The Balaban J connectivity index is 2.32. The fraction of sp³-hybridized carbons (Fsp3) is 0.231. The maximum absolute atomic E-state index is 12.3. The number of nitrogens with zero attached hydrogens (tertiary/aromatic N) is 2. The third-order valence-electron chi connectivity index (χ3n) is 2.79. The molecule has 0 fully saturated rings. The molecule has 0 atom stereocenters. The van der Waals surface area contributed by atoms with Gasteiger partial charge in [0.25, 0.3) is 5.91 Å². The minimum Gasteiger partial charge on any atom is -0.508 e. The van der Waals surface area contributed by atoms with Crippen LogP contribution in [0.25, 0.3) is 0 Å². The average molecular weight is 246 g/mol. The number of carbonyl (C=O) groups is 1. The minimum absolute atomic E-state index is 0.164. The second-order valence-corrected chi connectivity index (χ2v) is 4.08. The smallest absolute Gasteiger partial charge is 0.263 e. The largest absolute Gasteiger partial charge is 0.508 e. The second-order valence-electron chi connectivity index (χ2n) is 4.08. The van der Waals surface area contributed by atoms with Crippen molar-refractivity contribution in [1.82, 2.24) is 5.16 Å². The Morgan fingerprint density at radius 2 is 1.89 bits per heavy atom. The number of aryl methyl sites for hydroxylation is 2. The molecule has 18 heavy (non-hydrogen) atoms. The fourth-order valence-electron chi connectivity index (χ4n) is 1.75. The summed E-state index contributed by atoms with van der Waals surface area (Å²) in [5.41, 5.74) is 1.74. The number of aromatic nitrogens is 1. The highest BCUT2D eigenvalue weighted by Gasteiger charge is 2.21. The van der Waals surface area contributed by atoms with Gasteiger partial charge in [-0.05, 0) is 38.1 Å². The number of phenolic OH excluding ortho intramolecular Hbond substituents is 1. The number of rotatable bonds is 2. The van der Waals surface area contributed by atoms with Gasteiger partial charge in [0.15, 0.2) is 0 Å². The zero-order chi connectivity index (χ0) is 13.3. The summed E-state index contributed by atoms with van der Waals surface area (Å²) < 4.78 is 4.98. The quantitative estimate of drug-likeness (QED) is 0.882. The summed E-state index contributed by atoms with van der Waals surface area (Å²) in [6.45, 7) is 3.44. The topological polar surface area (TPSA) is 66.6 Å². The van der Waals surface area contributed by atoms with Crippen LogP contribution in [0.1, 0.15) is 21.8 Å². The van der Waals surface area contributed by atoms with Gasteiger partial charge < -0.3 is 14.5 Å². The molecule has 0 bridgehead atoms. The van der Waals surface area contributed by atoms with E-state index in [4.69, 9.17) is 4.52 Å². The van der Waals surface area contributed by atoms with Gasteiger partial charge in [0.05, 0.1) is 5.69 Å². The monoisotopic (exact) mass is 246 g/mol. The molecular weight excluding hydrogens is 232 g/mol. The molecule has 0 radical (unpaired) electrons. The van der Waals surface area contributed by atoms with Crippen molar-refractivity contribution in [1.29, 1.82) is 0 Å². The Morgan fingerprint density at radius 1 is 1.28 bits per heavy atom. The number of phenols is 1. The number of benzene rings is 1. The van der Waals surface area contributed by atoms with E-state index >= 15 is 0 Å². The Hall–Kier alpha value is -2.30. The third-order valence-corrected chi connectivity index (χ3v) is 2.79. The van der Waals surface area contributed by atoms with E-state index < -0.39 is 0 Å². The zero-order valence-electron chi connectivity index (χ0n) is 10.5. The standard InChI is InChI=1S/C13H14N2O3/c1-8-12(9(2)18-14-8)13(17)15(3)10-4-6-11(16)7-5-10/h4-7,16H,1-3H3. The first kappa shape index (κ1) is 12.2. The molecule has 0 unspecified atom stereocenters. The predicted molar refractivity (Wildman–Crippen MR) is 66.8 cm³/mol. The van der Waals surface area contributed by atoms with E-state index in [1.807, 2.05) is 0 Å². The Kier molecular flexibility index (Phi) is 3.06. The van der Waals surface area contributed by atoms with Crippen LogP contribution in [0.3, 0.4) is 0 Å². The van der Waals surface area contributed by atoms with Crippen LogP contribution in [-0.4, -0.2) is 23.2 Å². The van der Waals surface area contributed by atoms with Crippen LogP contribution in [0.5, 0.6) is 5.75 Å². The molecule has 2 aromatic rings. The lowest BCUT2D eigenvalue weighted by molar-refractivity contribution is 0.0991. The van der Waals surface area contributed by atoms with Crippen molar-refractivity contribution in [3.8, 4) is 5.75 Å². The number of aromatic hydroxyl groups is 1. The highest BCUT2D eigenvalue weighted by atomic mass is 16.5. The van der Waals surface area contributed by atoms with Crippen molar-refractivity contribution in [2.24, 2.45) is 0 Å². The first-order chi connectivity index (χ1) is 8.50. The van der Waals surface area contributed by atoms with Gasteiger partial charge in [-0.25, -0.2) is 0 Å². The SMILES string of the molecule is Cc1noc(C)c1C(=O)N(C)c1ccc(O)cc1. The van der Waals surface area contributed by atoms with Gasteiger partial charge in [-0.15, -0.1) is 0 Å². The van der Waals surface area contributed by atoms with Crippen molar-refractivity contribution in [2.45, 2.75) is 13.8 Å². The molecule has 1 heterocycles. The van der Waals surface area contributed by atoms with Gasteiger partial charge in [-0.3, -0.25) is 4.79 Å². The zero-order valence-corrected chi connectivity index (χ0v) is 10.5. The summed E-state index contributed by atoms with van der Waals surface area (Å²) in [5.74, 6) is 0.483. The third kappa shape index (κ3) is 2.07. The number of hydrogen-bond donors (Lipinski definition) is 1. The van der Waals surface area contributed by atoms with Gasteiger partial charge in [0.1, 0.15) is 17.1 Å². The molecule has 0 spiro atoms. The lowest BCUT2D eigenvalue weighted by Crippen LogP contribution is -2.27. The Bertz CT molecular complexity index is 553. The van der Waals surface area contributed by atoms with Crippen molar-refractivity contribution < 1.29 is 14.4 Å². The first-order valence-corrected chi connectivity index (χ1v) is 5.50. The van der Waals surface area contributed by atoms with Crippen LogP contribution in [0.4, 0.5) is 5.69 Å². The molecule has 1 aromatic carbocycles. The number of anilines is 1. The molecule has 2 rings (SSSR count). The summed E-state index contributed by atoms with van der Waals surface area (Å²) in [6, 6.07) is 6.41. The van der Waals surface area contributed by atoms with Gasteiger partial charge in [-0.1, -0.05) is 5.16 Å². The molecule has 0 aliphatic heterocycles. The average Bonchev–Trinajstić information content (AvgIpc) is 2.68. The molecule has 0 aliphatic carbocycles. The van der Waals surface area contributed by atoms with Crippen LogP contribution in [0.2, 0.25) is 0 Å². The van der Waals surface area contributed by atoms with Gasteiger partial charge in [0, 0.05) is 12.7 Å². The van der Waals surface area contributed by atoms with E-state index in [0.29, 0.717) is 22.7 Å². The fourth-order valence-corrected chi connectivity index (χ4v) is 1.75. The maximum atomic E-state index is 12.3. The van der Waals surface area contributed by atoms with Gasteiger partial charge >= 0.3 is 0 Å². The number of hydrogen-bond acceptors (Lipinski definition) is 4. The molecule has 94 valence electrons. The summed E-state index contributed by atoms with van der Waals surface area (Å²) in [4.78, 5) is 13.8. The highest BCUT2D eigenvalue weighted by molar-refractivity contribution is 6.07. The minimum atomic E-state index is -0.183. The molecule has 1 N–H and O–H groups in total. The van der Waals surface area contributed by atoms with Crippen molar-refractivity contribution in [3.63, 3.8) is 0 Å². The van der Waals surface area contributed by atoms with E-state index in [2.05, 4.69) is 5.16 Å². The molecule has 0 saturated carbocycles. The highest BCUT2D eigenvalue weighted by Crippen LogP contribution is 2.21. The van der Waals surface area contributed by atoms with Crippen molar-refractivity contribution in [3.05, 3.63) is 41.3 Å². The molecule has 5 nitrogen and oxygen atoms in total. The van der Waals surface area contributed by atoms with E-state index in [1.165, 1.54) is 17.0 Å². The molecular formula is C13H14N2O3. The Labute approximate surface area is 105 Å². The maximum Gasteiger partial charge on any atom is 0.263 e. The summed E-state index contributed by atoms with van der Waals surface area (Å²) in [6.07, 6.45) is 0. The molecule has 1 amide bonds. The Morgan fingerprint density at radius 3 is 2.39 bits per heavy atom. The van der Waals surface area contributed by atoms with E-state index in [9.17, 15) is 9.90 Å². The first-order valence-electron chi connectivity index (χ1n) is 5.50. The normalized spacial score (nSPS) is 10.4. The van der Waals surface area contributed by atoms with Crippen LogP contribution >= 0.6 is 0 Å². The van der Waals surface area contributed by atoms with Gasteiger partial charge in [-0.2, -0.15) is 0 Å². The molecule has 0 aliphatic rings. The van der Waals surface area contributed by atoms with Crippen molar-refractivity contribution in [2.75, 3.05) is 11.9 Å². The number of carbonyl (C=O) groups excluding carboxylic acids is 1. The summed E-state index contributed by atoms with van der Waals surface area (Å²) in [5, 5.41) is 13.0. The second kappa shape index (κ2) is 4.52. The van der Waals surface area contributed by atoms with Crippen LogP contribution in [-0.2, 0) is 0 Å². The van der Waals surface area contributed by atoms with Gasteiger partial charge in [0.2, 0.25) is 0 Å². The van der Waals surface area contributed by atoms with E-state index in [-0.39, 0.29) is 11.7 Å². The van der Waals surface area contributed by atoms with E-state index in [0.717, 1.165) is 0 Å². The van der Waals surface area contributed by atoms with E-state index in [1.54, 1.807) is 33.0 Å². The molecule has 1 aromatic heterocycles. The van der Waals surface area contributed by atoms with Crippen molar-refractivity contribution >= 4 is 11.6 Å². The lowest BCUT2D eigenvalue weighted by atomic mass is 10.1. The van der Waals surface area contributed by atoms with Crippen LogP contribution in [0, 0.1) is 13.8 Å².